The molecule has 1 aromatic carbocycles. The molecule has 0 bridgehead atoms. The SMILES string of the molecule is O=S(=O)(NC[C@@H](O)c1cc2ccccc2s1)c1cccnc1. The van der Waals surface area contributed by atoms with Crippen LogP contribution in [0.5, 0.6) is 0 Å². The summed E-state index contributed by atoms with van der Waals surface area (Å²) in [7, 11) is -3.66. The van der Waals surface area contributed by atoms with Crippen LogP contribution >= 0.6 is 11.3 Å². The third kappa shape index (κ3) is 3.17. The van der Waals surface area contributed by atoms with E-state index in [0.29, 0.717) is 0 Å². The lowest BCUT2D eigenvalue weighted by molar-refractivity contribution is 0.186. The van der Waals surface area contributed by atoms with Gasteiger partial charge in [0.15, 0.2) is 0 Å². The number of hydrogen-bond acceptors (Lipinski definition) is 5. The van der Waals surface area contributed by atoms with Crippen molar-refractivity contribution in [1.29, 1.82) is 0 Å². The molecular weight excluding hydrogens is 320 g/mol. The van der Waals surface area contributed by atoms with Crippen LogP contribution in [0.4, 0.5) is 0 Å². The monoisotopic (exact) mass is 334 g/mol. The van der Waals surface area contributed by atoms with Gasteiger partial charge in [0, 0.05) is 28.5 Å². The van der Waals surface area contributed by atoms with Crippen LogP contribution in [0, 0.1) is 0 Å². The summed E-state index contributed by atoms with van der Waals surface area (Å²) in [6.07, 6.45) is 1.89. The lowest BCUT2D eigenvalue weighted by atomic mass is 10.2. The van der Waals surface area contributed by atoms with Gasteiger partial charge in [0.25, 0.3) is 0 Å². The van der Waals surface area contributed by atoms with Crippen molar-refractivity contribution in [3.8, 4) is 0 Å². The van der Waals surface area contributed by atoms with Crippen molar-refractivity contribution in [2.45, 2.75) is 11.0 Å². The summed E-state index contributed by atoms with van der Waals surface area (Å²) in [6, 6.07) is 12.7. The van der Waals surface area contributed by atoms with Gasteiger partial charge in [-0.15, -0.1) is 11.3 Å². The molecule has 3 aromatic rings. The van der Waals surface area contributed by atoms with Crippen LogP contribution in [0.2, 0.25) is 0 Å². The number of aliphatic hydroxyl groups excluding tert-OH is 1. The van der Waals surface area contributed by atoms with E-state index in [0.717, 1.165) is 15.0 Å². The summed E-state index contributed by atoms with van der Waals surface area (Å²) in [5.41, 5.74) is 0. The van der Waals surface area contributed by atoms with Gasteiger partial charge in [-0.3, -0.25) is 4.98 Å². The van der Waals surface area contributed by atoms with Gasteiger partial charge in [-0.05, 0) is 29.7 Å². The van der Waals surface area contributed by atoms with E-state index in [-0.39, 0.29) is 11.4 Å². The third-order valence-electron chi connectivity index (χ3n) is 3.18. The van der Waals surface area contributed by atoms with E-state index in [1.54, 1.807) is 6.07 Å². The number of aliphatic hydroxyl groups is 1. The molecule has 2 N–H and O–H groups in total. The molecule has 0 aliphatic heterocycles. The second-order valence-electron chi connectivity index (χ2n) is 4.74. The molecule has 2 heterocycles. The highest BCUT2D eigenvalue weighted by atomic mass is 32.2. The number of rotatable bonds is 5. The maximum absolute atomic E-state index is 12.1. The molecule has 2 aromatic heterocycles. The zero-order chi connectivity index (χ0) is 15.6. The number of fused-ring (bicyclic) bond motifs is 1. The average molecular weight is 334 g/mol. The Kier molecular flexibility index (Phi) is 4.21. The first kappa shape index (κ1) is 15.1. The number of nitrogens with one attached hydrogen (secondary N) is 1. The standard InChI is InChI=1S/C15H14N2O3S2/c18-13(15-8-11-4-1-2-6-14(11)21-15)10-17-22(19,20)12-5-3-7-16-9-12/h1-9,13,17-18H,10H2/t13-/m1/s1. The molecule has 3 rings (SSSR count). The van der Waals surface area contributed by atoms with E-state index in [9.17, 15) is 13.5 Å². The highest BCUT2D eigenvalue weighted by Gasteiger charge is 2.18. The van der Waals surface area contributed by atoms with Crippen LogP contribution in [-0.2, 0) is 10.0 Å². The molecule has 0 radical (unpaired) electrons. The van der Waals surface area contributed by atoms with Gasteiger partial charge in [-0.2, -0.15) is 0 Å². The molecule has 1 atom stereocenters. The van der Waals surface area contributed by atoms with Crippen LogP contribution < -0.4 is 4.72 Å². The number of hydrogen-bond donors (Lipinski definition) is 2. The van der Waals surface area contributed by atoms with E-state index in [1.165, 1.54) is 29.8 Å². The average Bonchev–Trinajstić information content (AvgIpc) is 2.98. The molecule has 7 heteroatoms. The van der Waals surface area contributed by atoms with Crippen molar-refractivity contribution >= 4 is 31.4 Å². The van der Waals surface area contributed by atoms with Gasteiger partial charge in [0.1, 0.15) is 11.0 Å². The Labute approximate surface area is 132 Å². The number of thiophene rings is 1. The number of nitrogens with zero attached hydrogens (tertiary/aromatic N) is 1. The Morgan fingerprint density at radius 1 is 1.23 bits per heavy atom. The van der Waals surface area contributed by atoms with Crippen LogP contribution in [0.1, 0.15) is 11.0 Å². The van der Waals surface area contributed by atoms with E-state index in [1.807, 2.05) is 30.3 Å². The first-order valence-corrected chi connectivity index (χ1v) is 8.92. The molecule has 5 nitrogen and oxygen atoms in total. The molecule has 0 aliphatic carbocycles. The zero-order valence-corrected chi connectivity index (χ0v) is 13.1. The molecule has 0 fully saturated rings. The van der Waals surface area contributed by atoms with E-state index >= 15 is 0 Å². The van der Waals surface area contributed by atoms with Crippen molar-refractivity contribution in [3.05, 3.63) is 59.7 Å². The summed E-state index contributed by atoms with van der Waals surface area (Å²) in [6.45, 7) is -0.0793. The molecular formula is C15H14N2O3S2. The van der Waals surface area contributed by atoms with E-state index in [2.05, 4.69) is 9.71 Å². The fraction of sp³-hybridized carbons (Fsp3) is 0.133. The molecule has 0 spiro atoms. The van der Waals surface area contributed by atoms with E-state index in [4.69, 9.17) is 0 Å². The quantitative estimate of drug-likeness (QED) is 0.750. The van der Waals surface area contributed by atoms with Gasteiger partial charge in [0.05, 0.1) is 0 Å². The summed E-state index contributed by atoms with van der Waals surface area (Å²) in [5.74, 6) is 0. The van der Waals surface area contributed by atoms with Crippen LogP contribution in [0.25, 0.3) is 10.1 Å². The molecule has 0 unspecified atom stereocenters. The lowest BCUT2D eigenvalue weighted by Crippen LogP contribution is -2.28. The van der Waals surface area contributed by atoms with Gasteiger partial charge in [-0.1, -0.05) is 18.2 Å². The molecule has 0 saturated heterocycles. The summed E-state index contributed by atoms with van der Waals surface area (Å²) in [4.78, 5) is 4.60. The van der Waals surface area contributed by atoms with Crippen molar-refractivity contribution in [2.75, 3.05) is 6.54 Å². The highest BCUT2D eigenvalue weighted by Crippen LogP contribution is 2.29. The predicted molar refractivity (Wildman–Crippen MR) is 86.2 cm³/mol. The minimum absolute atomic E-state index is 0.0793. The second kappa shape index (κ2) is 6.13. The Morgan fingerprint density at radius 2 is 2.05 bits per heavy atom. The Balaban J connectivity index is 1.73. The number of pyridine rings is 1. The maximum atomic E-state index is 12.1. The fourth-order valence-electron chi connectivity index (χ4n) is 2.05. The molecule has 0 amide bonds. The lowest BCUT2D eigenvalue weighted by Gasteiger charge is -2.10. The Hall–Kier alpha value is -1.80. The minimum atomic E-state index is -3.66. The maximum Gasteiger partial charge on any atom is 0.242 e. The Bertz CT molecular complexity index is 843. The van der Waals surface area contributed by atoms with Crippen molar-refractivity contribution in [2.24, 2.45) is 0 Å². The molecule has 114 valence electrons. The van der Waals surface area contributed by atoms with Crippen LogP contribution in [0.3, 0.4) is 0 Å². The molecule has 0 aliphatic rings. The summed E-state index contributed by atoms with van der Waals surface area (Å²) >= 11 is 1.45. The smallest absolute Gasteiger partial charge is 0.242 e. The van der Waals surface area contributed by atoms with E-state index < -0.39 is 16.1 Å². The fourth-order valence-corrected chi connectivity index (χ4v) is 4.10. The molecule has 22 heavy (non-hydrogen) atoms. The first-order chi connectivity index (χ1) is 10.6. The van der Waals surface area contributed by atoms with Gasteiger partial charge >= 0.3 is 0 Å². The normalized spacial score (nSPS) is 13.3. The minimum Gasteiger partial charge on any atom is -0.386 e. The summed E-state index contributed by atoms with van der Waals surface area (Å²) < 4.78 is 27.6. The van der Waals surface area contributed by atoms with Gasteiger partial charge in [-0.25, -0.2) is 13.1 Å². The van der Waals surface area contributed by atoms with Crippen LogP contribution in [0.15, 0.2) is 59.8 Å². The third-order valence-corrected chi connectivity index (χ3v) is 5.81. The van der Waals surface area contributed by atoms with Crippen LogP contribution in [-0.4, -0.2) is 25.1 Å². The van der Waals surface area contributed by atoms with Gasteiger partial charge in [0.2, 0.25) is 10.0 Å². The first-order valence-electron chi connectivity index (χ1n) is 6.62. The highest BCUT2D eigenvalue weighted by molar-refractivity contribution is 7.89. The Morgan fingerprint density at radius 3 is 2.77 bits per heavy atom. The zero-order valence-electron chi connectivity index (χ0n) is 11.5. The van der Waals surface area contributed by atoms with Gasteiger partial charge < -0.3 is 5.11 Å². The summed E-state index contributed by atoms with van der Waals surface area (Å²) in [5, 5.41) is 11.2. The van der Waals surface area contributed by atoms with Crippen molar-refractivity contribution < 1.29 is 13.5 Å². The topological polar surface area (TPSA) is 79.3 Å². The molecule has 0 saturated carbocycles. The number of aromatic nitrogens is 1. The number of benzene rings is 1. The number of sulfonamides is 1. The predicted octanol–water partition coefficient (Wildman–Crippen LogP) is 2.31. The van der Waals surface area contributed by atoms with Crippen molar-refractivity contribution in [3.63, 3.8) is 0 Å². The van der Waals surface area contributed by atoms with Crippen molar-refractivity contribution in [1.82, 2.24) is 9.71 Å². The second-order valence-corrected chi connectivity index (χ2v) is 7.63. The largest absolute Gasteiger partial charge is 0.386 e.